The molecule has 0 aromatic carbocycles. The molecule has 0 bridgehead atoms. The van der Waals surface area contributed by atoms with Crippen molar-refractivity contribution in [3.05, 3.63) is 34.1 Å². The first-order valence-electron chi connectivity index (χ1n) is 6.60. The molecule has 2 heterocycles. The molecule has 2 aromatic rings. The molecule has 0 aliphatic rings. The highest BCUT2D eigenvalue weighted by molar-refractivity contribution is 9.10. The maximum absolute atomic E-state index is 4.53. The third-order valence-electron chi connectivity index (χ3n) is 3.20. The number of likely N-dealkylation sites (N-methyl/N-ethyl adjacent to an activating group) is 1. The van der Waals surface area contributed by atoms with Crippen molar-refractivity contribution in [2.75, 3.05) is 6.54 Å². The maximum atomic E-state index is 4.53. The molecule has 2 aromatic heterocycles. The molecule has 2 N–H and O–H groups in total. The van der Waals surface area contributed by atoms with E-state index in [4.69, 9.17) is 0 Å². The molecule has 0 amide bonds. The molecule has 6 heteroatoms. The first-order valence-corrected chi connectivity index (χ1v) is 7.39. The number of aromatic amines is 1. The van der Waals surface area contributed by atoms with Gasteiger partial charge < -0.3 is 10.3 Å². The van der Waals surface area contributed by atoms with E-state index in [1.807, 2.05) is 17.9 Å². The van der Waals surface area contributed by atoms with Crippen molar-refractivity contribution in [3.63, 3.8) is 0 Å². The highest BCUT2D eigenvalue weighted by Gasteiger charge is 2.19. The average molecular weight is 326 g/mol. The Hall–Kier alpha value is -1.14. The van der Waals surface area contributed by atoms with Crippen molar-refractivity contribution in [3.8, 4) is 0 Å². The summed E-state index contributed by atoms with van der Waals surface area (Å²) in [6, 6.07) is 0.177. The zero-order valence-electron chi connectivity index (χ0n) is 11.6. The summed E-state index contributed by atoms with van der Waals surface area (Å²) in [5.74, 6) is 0.966. The predicted octanol–water partition coefficient (Wildman–Crippen LogP) is 2.36. The minimum absolute atomic E-state index is 0.177. The molecule has 0 spiro atoms. The Morgan fingerprint density at radius 1 is 1.47 bits per heavy atom. The number of halogens is 1. The van der Waals surface area contributed by atoms with Crippen molar-refractivity contribution in [2.45, 2.75) is 32.7 Å². The number of rotatable bonds is 6. The van der Waals surface area contributed by atoms with Crippen LogP contribution in [0.2, 0.25) is 0 Å². The predicted molar refractivity (Wildman–Crippen MR) is 79.0 cm³/mol. The Morgan fingerprint density at radius 2 is 2.26 bits per heavy atom. The van der Waals surface area contributed by atoms with Crippen LogP contribution in [0.15, 0.2) is 16.9 Å². The zero-order valence-corrected chi connectivity index (χ0v) is 13.2. The van der Waals surface area contributed by atoms with E-state index in [0.717, 1.165) is 35.4 Å². The summed E-state index contributed by atoms with van der Waals surface area (Å²) in [5.41, 5.74) is 2.30. The molecule has 1 atom stereocenters. The zero-order chi connectivity index (χ0) is 13.8. The van der Waals surface area contributed by atoms with E-state index < -0.39 is 0 Å². The van der Waals surface area contributed by atoms with Crippen LogP contribution >= 0.6 is 15.9 Å². The number of aryl methyl sites for hydroxylation is 2. The number of H-pyrrole nitrogens is 1. The molecule has 0 aliphatic carbocycles. The van der Waals surface area contributed by atoms with Gasteiger partial charge in [-0.2, -0.15) is 5.10 Å². The van der Waals surface area contributed by atoms with Crippen molar-refractivity contribution < 1.29 is 0 Å². The number of hydrogen-bond acceptors (Lipinski definition) is 3. The molecule has 0 saturated carbocycles. The van der Waals surface area contributed by atoms with Crippen LogP contribution in [0.5, 0.6) is 0 Å². The minimum Gasteiger partial charge on any atom is -0.347 e. The van der Waals surface area contributed by atoms with E-state index in [0.29, 0.717) is 0 Å². The van der Waals surface area contributed by atoms with Gasteiger partial charge in [0, 0.05) is 25.9 Å². The van der Waals surface area contributed by atoms with Crippen LogP contribution < -0.4 is 5.32 Å². The molecule has 0 radical (unpaired) electrons. The number of imidazole rings is 1. The first kappa shape index (κ1) is 14.3. The van der Waals surface area contributed by atoms with Crippen molar-refractivity contribution in [1.82, 2.24) is 25.1 Å². The lowest BCUT2D eigenvalue weighted by Gasteiger charge is -2.16. The molecular formula is C13H20BrN5. The van der Waals surface area contributed by atoms with Crippen LogP contribution in [0.1, 0.15) is 37.1 Å². The van der Waals surface area contributed by atoms with Gasteiger partial charge in [-0.25, -0.2) is 4.98 Å². The average Bonchev–Trinajstić information content (AvgIpc) is 3.01. The standard InChI is InChI=1S/C13H20BrN5/c1-4-9-12(14)11(19(3)18-9)8-10(15-5-2)13-16-6-7-17-13/h6-7,10,15H,4-5,8H2,1-3H3,(H,16,17). The van der Waals surface area contributed by atoms with Gasteiger partial charge in [0.1, 0.15) is 5.82 Å². The molecule has 19 heavy (non-hydrogen) atoms. The van der Waals surface area contributed by atoms with Crippen LogP contribution in [-0.4, -0.2) is 26.3 Å². The third-order valence-corrected chi connectivity index (χ3v) is 4.12. The second-order valence-electron chi connectivity index (χ2n) is 4.47. The monoisotopic (exact) mass is 325 g/mol. The smallest absolute Gasteiger partial charge is 0.123 e. The summed E-state index contributed by atoms with van der Waals surface area (Å²) < 4.78 is 3.07. The van der Waals surface area contributed by atoms with E-state index in [1.54, 1.807) is 6.20 Å². The quantitative estimate of drug-likeness (QED) is 0.857. The Bertz CT molecular complexity index is 517. The molecule has 0 aliphatic heterocycles. The van der Waals surface area contributed by atoms with Crippen LogP contribution in [0.4, 0.5) is 0 Å². The van der Waals surface area contributed by atoms with E-state index >= 15 is 0 Å². The van der Waals surface area contributed by atoms with Crippen molar-refractivity contribution in [2.24, 2.45) is 7.05 Å². The van der Waals surface area contributed by atoms with Crippen LogP contribution in [0.25, 0.3) is 0 Å². The van der Waals surface area contributed by atoms with E-state index in [-0.39, 0.29) is 6.04 Å². The number of nitrogens with zero attached hydrogens (tertiary/aromatic N) is 3. The molecule has 0 fully saturated rings. The van der Waals surface area contributed by atoms with Gasteiger partial charge in [-0.05, 0) is 28.9 Å². The van der Waals surface area contributed by atoms with Crippen molar-refractivity contribution >= 4 is 15.9 Å². The summed E-state index contributed by atoms with van der Waals surface area (Å²) in [5, 5.41) is 7.99. The Balaban J connectivity index is 2.24. The Kier molecular flexibility index (Phi) is 4.76. The fourth-order valence-electron chi connectivity index (χ4n) is 2.21. The second kappa shape index (κ2) is 6.34. The molecule has 2 rings (SSSR count). The largest absolute Gasteiger partial charge is 0.347 e. The van der Waals surface area contributed by atoms with Crippen LogP contribution in [-0.2, 0) is 19.9 Å². The van der Waals surface area contributed by atoms with Gasteiger partial charge in [0.2, 0.25) is 0 Å². The molecule has 0 saturated heterocycles. The number of aromatic nitrogens is 4. The summed E-state index contributed by atoms with van der Waals surface area (Å²) in [4.78, 5) is 7.54. The van der Waals surface area contributed by atoms with Gasteiger partial charge in [-0.3, -0.25) is 4.68 Å². The van der Waals surface area contributed by atoms with Gasteiger partial charge >= 0.3 is 0 Å². The second-order valence-corrected chi connectivity index (χ2v) is 5.27. The third kappa shape index (κ3) is 3.06. The number of hydrogen-bond donors (Lipinski definition) is 2. The summed E-state index contributed by atoms with van der Waals surface area (Å²) in [7, 11) is 1.99. The van der Waals surface area contributed by atoms with Gasteiger partial charge in [-0.15, -0.1) is 0 Å². The summed E-state index contributed by atoms with van der Waals surface area (Å²) in [6.45, 7) is 5.12. The summed E-state index contributed by atoms with van der Waals surface area (Å²) >= 11 is 3.66. The Morgan fingerprint density at radius 3 is 2.79 bits per heavy atom. The van der Waals surface area contributed by atoms with Crippen molar-refractivity contribution in [1.29, 1.82) is 0 Å². The first-order chi connectivity index (χ1) is 9.17. The lowest BCUT2D eigenvalue weighted by molar-refractivity contribution is 0.507. The SMILES string of the molecule is CCNC(Cc1c(Br)c(CC)nn1C)c1ncc[nH]1. The van der Waals surface area contributed by atoms with Gasteiger partial charge in [0.25, 0.3) is 0 Å². The van der Waals surface area contributed by atoms with Gasteiger partial charge in [0.05, 0.1) is 21.9 Å². The normalized spacial score (nSPS) is 12.8. The topological polar surface area (TPSA) is 58.5 Å². The maximum Gasteiger partial charge on any atom is 0.123 e. The Labute approximate surface area is 121 Å². The van der Waals surface area contributed by atoms with Crippen LogP contribution in [0, 0.1) is 0 Å². The van der Waals surface area contributed by atoms with E-state index in [2.05, 4.69) is 50.2 Å². The minimum atomic E-state index is 0.177. The fourth-order valence-corrected chi connectivity index (χ4v) is 2.99. The van der Waals surface area contributed by atoms with Gasteiger partial charge in [-0.1, -0.05) is 13.8 Å². The summed E-state index contributed by atoms with van der Waals surface area (Å²) in [6.07, 6.45) is 5.43. The number of nitrogens with one attached hydrogen (secondary N) is 2. The molecular weight excluding hydrogens is 306 g/mol. The van der Waals surface area contributed by atoms with Gasteiger partial charge in [0.15, 0.2) is 0 Å². The molecule has 104 valence electrons. The highest BCUT2D eigenvalue weighted by atomic mass is 79.9. The van der Waals surface area contributed by atoms with E-state index in [1.165, 1.54) is 5.69 Å². The highest BCUT2D eigenvalue weighted by Crippen LogP contribution is 2.25. The molecule has 5 nitrogen and oxygen atoms in total. The molecule has 1 unspecified atom stereocenters. The van der Waals surface area contributed by atoms with Crippen LogP contribution in [0.3, 0.4) is 0 Å². The fraction of sp³-hybridized carbons (Fsp3) is 0.538. The lowest BCUT2D eigenvalue weighted by Crippen LogP contribution is -2.25. The lowest BCUT2D eigenvalue weighted by atomic mass is 10.1. The van der Waals surface area contributed by atoms with E-state index in [9.17, 15) is 0 Å².